The first-order valence-corrected chi connectivity index (χ1v) is 8.83. The van der Waals surface area contributed by atoms with Crippen LogP contribution in [-0.2, 0) is 4.79 Å². The number of nitrogens with two attached hydrogens (primary N) is 1. The van der Waals surface area contributed by atoms with E-state index >= 15 is 0 Å². The molecule has 4 nitrogen and oxygen atoms in total. The van der Waals surface area contributed by atoms with Crippen molar-refractivity contribution >= 4 is 5.91 Å². The van der Waals surface area contributed by atoms with E-state index in [9.17, 15) is 4.79 Å². The van der Waals surface area contributed by atoms with Gasteiger partial charge in [0.1, 0.15) is 6.04 Å². The standard InChI is InChI=1S/C19H29N3O/c1-22(2)18(13-7-4-3-5-8-13)19(23)21-17-14-9-6-10-15(17)12-16(20)11-14/h3-5,7-8,14-18H,6,9-12,20H2,1-2H3,(H,21,23). The number of benzene rings is 1. The zero-order valence-electron chi connectivity index (χ0n) is 14.2. The fourth-order valence-electron chi connectivity index (χ4n) is 4.59. The summed E-state index contributed by atoms with van der Waals surface area (Å²) in [6.45, 7) is 0. The fraction of sp³-hybridized carbons (Fsp3) is 0.632. The molecule has 2 saturated carbocycles. The average Bonchev–Trinajstić information content (AvgIpc) is 2.49. The van der Waals surface area contributed by atoms with E-state index in [0.717, 1.165) is 18.4 Å². The zero-order valence-corrected chi connectivity index (χ0v) is 14.2. The summed E-state index contributed by atoms with van der Waals surface area (Å²) >= 11 is 0. The maximum atomic E-state index is 13.0. The quantitative estimate of drug-likeness (QED) is 0.896. The highest BCUT2D eigenvalue weighted by atomic mass is 16.2. The molecule has 23 heavy (non-hydrogen) atoms. The van der Waals surface area contributed by atoms with Crippen LogP contribution in [0.2, 0.25) is 0 Å². The van der Waals surface area contributed by atoms with Gasteiger partial charge in [-0.1, -0.05) is 36.8 Å². The highest BCUT2D eigenvalue weighted by Gasteiger charge is 2.40. The van der Waals surface area contributed by atoms with Crippen LogP contribution in [0, 0.1) is 11.8 Å². The third-order valence-electron chi connectivity index (χ3n) is 5.57. The smallest absolute Gasteiger partial charge is 0.242 e. The highest BCUT2D eigenvalue weighted by molar-refractivity contribution is 5.83. The molecule has 0 spiro atoms. The van der Waals surface area contributed by atoms with Crippen molar-refractivity contribution in [3.63, 3.8) is 0 Å². The highest BCUT2D eigenvalue weighted by Crippen LogP contribution is 2.40. The zero-order chi connectivity index (χ0) is 16.4. The van der Waals surface area contributed by atoms with Crippen LogP contribution < -0.4 is 11.1 Å². The number of nitrogens with zero attached hydrogens (tertiary/aromatic N) is 1. The number of hydrogen-bond acceptors (Lipinski definition) is 3. The Morgan fingerprint density at radius 1 is 1.17 bits per heavy atom. The van der Waals surface area contributed by atoms with E-state index in [-0.39, 0.29) is 11.9 Å². The SMILES string of the molecule is CN(C)C(C(=O)NC1C2CCCC1CC(N)C2)c1ccccc1. The molecule has 0 aliphatic heterocycles. The monoisotopic (exact) mass is 315 g/mol. The van der Waals surface area contributed by atoms with E-state index in [1.807, 2.05) is 49.3 Å². The van der Waals surface area contributed by atoms with Crippen LogP contribution in [-0.4, -0.2) is 37.0 Å². The van der Waals surface area contributed by atoms with Crippen molar-refractivity contribution in [3.05, 3.63) is 35.9 Å². The molecule has 0 heterocycles. The predicted molar refractivity (Wildman–Crippen MR) is 92.8 cm³/mol. The lowest BCUT2D eigenvalue weighted by Crippen LogP contribution is -2.55. The Morgan fingerprint density at radius 2 is 1.78 bits per heavy atom. The van der Waals surface area contributed by atoms with E-state index in [1.165, 1.54) is 19.3 Å². The Morgan fingerprint density at radius 3 is 2.35 bits per heavy atom. The number of amides is 1. The molecule has 2 fully saturated rings. The largest absolute Gasteiger partial charge is 0.351 e. The minimum atomic E-state index is -0.229. The maximum absolute atomic E-state index is 13.0. The molecule has 1 aromatic rings. The van der Waals surface area contributed by atoms with Gasteiger partial charge in [0.2, 0.25) is 5.91 Å². The Hall–Kier alpha value is -1.39. The van der Waals surface area contributed by atoms with Crippen LogP contribution in [0.15, 0.2) is 30.3 Å². The van der Waals surface area contributed by atoms with Gasteiger partial charge in [0.05, 0.1) is 0 Å². The van der Waals surface area contributed by atoms with Gasteiger partial charge in [-0.3, -0.25) is 9.69 Å². The van der Waals surface area contributed by atoms with Crippen molar-refractivity contribution in [1.29, 1.82) is 0 Å². The normalized spacial score (nSPS) is 31.7. The van der Waals surface area contributed by atoms with Crippen molar-refractivity contribution in [1.82, 2.24) is 10.2 Å². The van der Waals surface area contributed by atoms with Crippen molar-refractivity contribution < 1.29 is 4.79 Å². The summed E-state index contributed by atoms with van der Waals surface area (Å²) in [5.74, 6) is 1.23. The molecule has 3 atom stereocenters. The molecule has 0 saturated heterocycles. The first kappa shape index (κ1) is 16.5. The Labute approximate surface area is 139 Å². The maximum Gasteiger partial charge on any atom is 0.242 e. The second-order valence-corrected chi connectivity index (χ2v) is 7.49. The second-order valence-electron chi connectivity index (χ2n) is 7.49. The molecule has 0 aromatic heterocycles. The first-order chi connectivity index (χ1) is 11.1. The molecule has 1 aromatic carbocycles. The lowest BCUT2D eigenvalue weighted by atomic mass is 9.67. The third kappa shape index (κ3) is 3.59. The van der Waals surface area contributed by atoms with Gasteiger partial charge >= 0.3 is 0 Å². The van der Waals surface area contributed by atoms with Crippen molar-refractivity contribution in [2.24, 2.45) is 17.6 Å². The minimum Gasteiger partial charge on any atom is -0.351 e. The molecular weight excluding hydrogens is 286 g/mol. The van der Waals surface area contributed by atoms with Crippen LogP contribution in [0.3, 0.4) is 0 Å². The van der Waals surface area contributed by atoms with Gasteiger partial charge in [0, 0.05) is 12.1 Å². The lowest BCUT2D eigenvalue weighted by Gasteiger charge is -2.45. The molecule has 126 valence electrons. The second kappa shape index (κ2) is 7.02. The third-order valence-corrected chi connectivity index (χ3v) is 5.57. The number of nitrogens with one attached hydrogen (secondary N) is 1. The number of hydrogen-bond donors (Lipinski definition) is 2. The van der Waals surface area contributed by atoms with Crippen LogP contribution in [0.25, 0.3) is 0 Å². The molecule has 2 aliphatic carbocycles. The summed E-state index contributed by atoms with van der Waals surface area (Å²) < 4.78 is 0. The van der Waals surface area contributed by atoms with Crippen molar-refractivity contribution in [2.45, 2.75) is 50.2 Å². The molecular formula is C19H29N3O. The van der Waals surface area contributed by atoms with Gasteiger partial charge in [-0.05, 0) is 57.2 Å². The summed E-state index contributed by atoms with van der Waals surface area (Å²) in [5, 5.41) is 3.39. The summed E-state index contributed by atoms with van der Waals surface area (Å²) in [4.78, 5) is 15.0. The van der Waals surface area contributed by atoms with Gasteiger partial charge in [-0.25, -0.2) is 0 Å². The molecule has 2 bridgehead atoms. The van der Waals surface area contributed by atoms with Crippen molar-refractivity contribution in [2.75, 3.05) is 14.1 Å². The molecule has 4 heteroatoms. The summed E-state index contributed by atoms with van der Waals surface area (Å²) in [7, 11) is 3.93. The Kier molecular flexibility index (Phi) is 5.02. The van der Waals surface area contributed by atoms with E-state index in [1.54, 1.807) is 0 Å². The number of rotatable bonds is 4. The molecule has 3 N–H and O–H groups in total. The summed E-state index contributed by atoms with van der Waals surface area (Å²) in [5.41, 5.74) is 7.24. The molecule has 2 aliphatic rings. The molecule has 1 amide bonds. The van der Waals surface area contributed by atoms with Crippen LogP contribution in [0.5, 0.6) is 0 Å². The molecule has 3 unspecified atom stereocenters. The Balaban J connectivity index is 1.74. The molecule has 3 rings (SSSR count). The van der Waals surface area contributed by atoms with Crippen LogP contribution in [0.4, 0.5) is 0 Å². The lowest BCUT2D eigenvalue weighted by molar-refractivity contribution is -0.128. The number of carbonyl (C=O) groups is 1. The molecule has 0 radical (unpaired) electrons. The van der Waals surface area contributed by atoms with Gasteiger partial charge in [-0.15, -0.1) is 0 Å². The van der Waals surface area contributed by atoms with Gasteiger partial charge < -0.3 is 11.1 Å². The van der Waals surface area contributed by atoms with Gasteiger partial charge in [-0.2, -0.15) is 0 Å². The van der Waals surface area contributed by atoms with Crippen LogP contribution >= 0.6 is 0 Å². The van der Waals surface area contributed by atoms with E-state index in [0.29, 0.717) is 23.9 Å². The van der Waals surface area contributed by atoms with E-state index in [2.05, 4.69) is 5.32 Å². The number of likely N-dealkylation sites (N-methyl/N-ethyl adjacent to an activating group) is 1. The van der Waals surface area contributed by atoms with Crippen LogP contribution in [0.1, 0.15) is 43.7 Å². The first-order valence-electron chi connectivity index (χ1n) is 8.83. The van der Waals surface area contributed by atoms with Gasteiger partial charge in [0.15, 0.2) is 0 Å². The summed E-state index contributed by atoms with van der Waals surface area (Å²) in [6.07, 6.45) is 5.79. The topological polar surface area (TPSA) is 58.4 Å². The summed E-state index contributed by atoms with van der Waals surface area (Å²) in [6, 6.07) is 10.4. The number of carbonyl (C=O) groups excluding carboxylic acids is 1. The van der Waals surface area contributed by atoms with E-state index in [4.69, 9.17) is 5.73 Å². The van der Waals surface area contributed by atoms with E-state index < -0.39 is 0 Å². The number of fused-ring (bicyclic) bond motifs is 2. The van der Waals surface area contributed by atoms with Gasteiger partial charge in [0.25, 0.3) is 0 Å². The minimum absolute atomic E-state index is 0.124. The average molecular weight is 315 g/mol. The Bertz CT molecular complexity index is 517. The predicted octanol–water partition coefficient (Wildman–Crippen LogP) is 2.31. The fourth-order valence-corrected chi connectivity index (χ4v) is 4.59. The van der Waals surface area contributed by atoms with Crippen molar-refractivity contribution in [3.8, 4) is 0 Å².